The Morgan fingerprint density at radius 2 is 2.08 bits per heavy atom. The SMILES string of the molecule is CN=C1NC(=O)S/C1=C\c1ccc2nn(Cc3ccccc3)cc2c1. The lowest BCUT2D eigenvalue weighted by Gasteiger charge is -2.00. The number of rotatable bonds is 3. The van der Waals surface area contributed by atoms with E-state index >= 15 is 0 Å². The topological polar surface area (TPSA) is 59.3 Å². The van der Waals surface area contributed by atoms with Gasteiger partial charge in [0.1, 0.15) is 5.84 Å². The normalized spacial score (nSPS) is 17.6. The molecule has 0 atom stereocenters. The first-order valence-corrected chi connectivity index (χ1v) is 8.72. The van der Waals surface area contributed by atoms with E-state index < -0.39 is 0 Å². The summed E-state index contributed by atoms with van der Waals surface area (Å²) in [6.07, 6.45) is 4.02. The molecule has 1 aromatic heterocycles. The van der Waals surface area contributed by atoms with Crippen molar-refractivity contribution in [2.75, 3.05) is 7.05 Å². The van der Waals surface area contributed by atoms with Crippen LogP contribution in [0.3, 0.4) is 0 Å². The highest BCUT2D eigenvalue weighted by molar-refractivity contribution is 8.18. The van der Waals surface area contributed by atoms with Crippen LogP contribution in [0.25, 0.3) is 17.0 Å². The summed E-state index contributed by atoms with van der Waals surface area (Å²) in [5.74, 6) is 0.620. The highest BCUT2D eigenvalue weighted by Crippen LogP contribution is 2.27. The molecular weight excluding hydrogens is 332 g/mol. The van der Waals surface area contributed by atoms with Crippen molar-refractivity contribution in [1.82, 2.24) is 15.1 Å². The Hall–Kier alpha value is -2.86. The van der Waals surface area contributed by atoms with E-state index in [2.05, 4.69) is 33.6 Å². The van der Waals surface area contributed by atoms with Crippen LogP contribution in [0.2, 0.25) is 0 Å². The molecule has 1 amide bonds. The number of thioether (sulfide) groups is 1. The largest absolute Gasteiger partial charge is 0.300 e. The number of fused-ring (bicyclic) bond motifs is 1. The second kappa shape index (κ2) is 6.57. The number of aromatic nitrogens is 2. The second-order valence-corrected chi connectivity index (χ2v) is 6.74. The van der Waals surface area contributed by atoms with Gasteiger partial charge in [-0.15, -0.1) is 0 Å². The molecule has 1 aliphatic heterocycles. The molecule has 0 unspecified atom stereocenters. The Morgan fingerprint density at radius 1 is 1.24 bits per heavy atom. The molecule has 5 nitrogen and oxygen atoms in total. The minimum absolute atomic E-state index is 0.0939. The van der Waals surface area contributed by atoms with Gasteiger partial charge in [0.25, 0.3) is 5.24 Å². The molecule has 4 rings (SSSR count). The van der Waals surface area contributed by atoms with Crippen LogP contribution < -0.4 is 5.32 Å². The van der Waals surface area contributed by atoms with Gasteiger partial charge in [-0.3, -0.25) is 14.5 Å². The zero-order valence-corrected chi connectivity index (χ0v) is 14.5. The fraction of sp³-hybridized carbons (Fsp3) is 0.105. The summed E-state index contributed by atoms with van der Waals surface area (Å²) >= 11 is 1.16. The third-order valence-corrected chi connectivity index (χ3v) is 4.76. The van der Waals surface area contributed by atoms with Crippen LogP contribution in [0, 0.1) is 0 Å². The van der Waals surface area contributed by atoms with Crippen LogP contribution in [0.15, 0.2) is 64.6 Å². The van der Waals surface area contributed by atoms with Crippen LogP contribution >= 0.6 is 11.8 Å². The molecule has 2 heterocycles. The number of hydrogen-bond donors (Lipinski definition) is 1. The van der Waals surface area contributed by atoms with Gasteiger partial charge in [-0.05, 0) is 41.1 Å². The van der Waals surface area contributed by atoms with Gasteiger partial charge in [-0.2, -0.15) is 5.10 Å². The predicted molar refractivity (Wildman–Crippen MR) is 103 cm³/mol. The van der Waals surface area contributed by atoms with E-state index in [1.807, 2.05) is 47.3 Å². The molecule has 0 spiro atoms. The Balaban J connectivity index is 1.63. The van der Waals surface area contributed by atoms with E-state index in [-0.39, 0.29) is 5.24 Å². The molecule has 1 saturated heterocycles. The highest BCUT2D eigenvalue weighted by atomic mass is 32.2. The Kier molecular flexibility index (Phi) is 4.11. The van der Waals surface area contributed by atoms with Crippen LogP contribution in [0.1, 0.15) is 11.1 Å². The summed E-state index contributed by atoms with van der Waals surface area (Å²) in [6, 6.07) is 16.3. The van der Waals surface area contributed by atoms with Gasteiger partial charge in [0.2, 0.25) is 0 Å². The third-order valence-electron chi connectivity index (χ3n) is 3.94. The highest BCUT2D eigenvalue weighted by Gasteiger charge is 2.22. The number of nitrogens with one attached hydrogen (secondary N) is 1. The molecule has 1 fully saturated rings. The van der Waals surface area contributed by atoms with E-state index in [9.17, 15) is 4.79 Å². The maximum absolute atomic E-state index is 11.5. The van der Waals surface area contributed by atoms with Crippen molar-refractivity contribution in [1.29, 1.82) is 0 Å². The van der Waals surface area contributed by atoms with Crippen LogP contribution in [-0.4, -0.2) is 27.9 Å². The number of carbonyl (C=O) groups excluding carboxylic acids is 1. The van der Waals surface area contributed by atoms with Gasteiger partial charge in [0.15, 0.2) is 0 Å². The van der Waals surface area contributed by atoms with Crippen molar-refractivity contribution < 1.29 is 4.79 Å². The molecule has 3 aromatic rings. The quantitative estimate of drug-likeness (QED) is 0.781. The lowest BCUT2D eigenvalue weighted by atomic mass is 10.1. The van der Waals surface area contributed by atoms with Gasteiger partial charge >= 0.3 is 0 Å². The van der Waals surface area contributed by atoms with Crippen molar-refractivity contribution in [3.63, 3.8) is 0 Å². The van der Waals surface area contributed by atoms with Crippen molar-refractivity contribution in [2.45, 2.75) is 6.54 Å². The number of aliphatic imine (C=N–C) groups is 1. The first-order chi connectivity index (χ1) is 12.2. The van der Waals surface area contributed by atoms with E-state index in [0.717, 1.165) is 39.7 Å². The maximum atomic E-state index is 11.5. The summed E-state index contributed by atoms with van der Waals surface area (Å²) in [7, 11) is 1.67. The first kappa shape index (κ1) is 15.7. The van der Waals surface area contributed by atoms with E-state index in [1.165, 1.54) is 5.56 Å². The van der Waals surface area contributed by atoms with Crippen molar-refractivity contribution in [3.05, 3.63) is 70.8 Å². The van der Waals surface area contributed by atoms with E-state index in [0.29, 0.717) is 5.84 Å². The number of amides is 1. The molecule has 6 heteroatoms. The smallest absolute Gasteiger partial charge is 0.289 e. The summed E-state index contributed by atoms with van der Waals surface area (Å²) in [6.45, 7) is 0.743. The lowest BCUT2D eigenvalue weighted by Crippen LogP contribution is -2.18. The predicted octanol–water partition coefficient (Wildman–Crippen LogP) is 3.91. The molecule has 25 heavy (non-hydrogen) atoms. The van der Waals surface area contributed by atoms with Crippen molar-refractivity contribution in [3.8, 4) is 0 Å². The number of carbonyl (C=O) groups is 1. The lowest BCUT2D eigenvalue weighted by molar-refractivity contribution is 0.265. The van der Waals surface area contributed by atoms with Crippen LogP contribution in [0.5, 0.6) is 0 Å². The van der Waals surface area contributed by atoms with Gasteiger partial charge < -0.3 is 5.32 Å². The third kappa shape index (κ3) is 3.34. The molecule has 1 aliphatic rings. The average Bonchev–Trinajstić information content (AvgIpc) is 3.17. The van der Waals surface area contributed by atoms with Gasteiger partial charge in [-0.1, -0.05) is 36.4 Å². The van der Waals surface area contributed by atoms with Gasteiger partial charge in [-0.25, -0.2) is 0 Å². The van der Waals surface area contributed by atoms with Crippen molar-refractivity contribution in [2.24, 2.45) is 4.99 Å². The standard InChI is InChI=1S/C19H16N4OS/c1-20-18-17(25-19(24)21-18)10-14-7-8-16-15(9-14)12-23(22-16)11-13-5-3-2-4-6-13/h2-10,12H,11H2,1H3,(H,20,21,24)/b17-10-. The summed E-state index contributed by atoms with van der Waals surface area (Å²) in [5, 5.41) is 8.33. The number of hydrogen-bond acceptors (Lipinski definition) is 4. The fourth-order valence-electron chi connectivity index (χ4n) is 2.78. The zero-order chi connectivity index (χ0) is 17.2. The summed E-state index contributed by atoms with van der Waals surface area (Å²) in [4.78, 5) is 16.5. The molecule has 0 aliphatic carbocycles. The Labute approximate surface area is 149 Å². The maximum Gasteiger partial charge on any atom is 0.289 e. The van der Waals surface area contributed by atoms with Crippen LogP contribution in [0.4, 0.5) is 4.79 Å². The molecule has 2 aromatic carbocycles. The first-order valence-electron chi connectivity index (χ1n) is 7.90. The van der Waals surface area contributed by atoms with Gasteiger partial charge in [0.05, 0.1) is 17.0 Å². The number of nitrogens with zero attached hydrogens (tertiary/aromatic N) is 3. The molecular formula is C19H16N4OS. The molecule has 0 radical (unpaired) electrons. The number of amidine groups is 1. The van der Waals surface area contributed by atoms with E-state index in [1.54, 1.807) is 7.05 Å². The Bertz CT molecular complexity index is 1000. The average molecular weight is 348 g/mol. The fourth-order valence-corrected chi connectivity index (χ4v) is 3.57. The second-order valence-electron chi connectivity index (χ2n) is 5.73. The molecule has 0 bridgehead atoms. The van der Waals surface area contributed by atoms with Gasteiger partial charge in [0, 0.05) is 18.6 Å². The monoisotopic (exact) mass is 348 g/mol. The number of benzene rings is 2. The summed E-state index contributed by atoms with van der Waals surface area (Å²) in [5.41, 5.74) is 3.19. The zero-order valence-electron chi connectivity index (χ0n) is 13.6. The molecule has 0 saturated carbocycles. The van der Waals surface area contributed by atoms with Crippen LogP contribution in [-0.2, 0) is 6.54 Å². The Morgan fingerprint density at radius 3 is 2.88 bits per heavy atom. The minimum Gasteiger partial charge on any atom is -0.300 e. The molecule has 1 N–H and O–H groups in total. The molecule has 124 valence electrons. The summed E-state index contributed by atoms with van der Waals surface area (Å²) < 4.78 is 1.95. The van der Waals surface area contributed by atoms with E-state index in [4.69, 9.17) is 0 Å². The van der Waals surface area contributed by atoms with Crippen molar-refractivity contribution >= 4 is 39.8 Å². The minimum atomic E-state index is -0.0939.